The zero-order chi connectivity index (χ0) is 14.8. The molecule has 1 saturated heterocycles. The first kappa shape index (κ1) is 14.2. The molecule has 114 valence electrons. The third-order valence-corrected chi connectivity index (χ3v) is 4.20. The highest BCUT2D eigenvalue weighted by Gasteiger charge is 2.32. The average Bonchev–Trinajstić information content (AvgIpc) is 2.54. The van der Waals surface area contributed by atoms with Crippen LogP contribution in [-0.2, 0) is 4.74 Å². The predicted octanol–water partition coefficient (Wildman–Crippen LogP) is 0.0637. The van der Waals surface area contributed by atoms with Crippen LogP contribution in [-0.4, -0.2) is 63.6 Å². The minimum atomic E-state index is -0.329. The molecule has 2 heterocycles. The number of piperazine rings is 1. The Morgan fingerprint density at radius 2 is 2.33 bits per heavy atom. The number of nitrogens with one attached hydrogen (secondary N) is 1. The van der Waals surface area contributed by atoms with E-state index in [-0.39, 0.29) is 12.6 Å². The molecule has 2 aliphatic heterocycles. The van der Waals surface area contributed by atoms with Crippen LogP contribution in [0.2, 0.25) is 0 Å². The molecule has 1 aromatic rings. The molecule has 0 bridgehead atoms. The Morgan fingerprint density at radius 3 is 3.10 bits per heavy atom. The summed E-state index contributed by atoms with van der Waals surface area (Å²) >= 11 is 0. The van der Waals surface area contributed by atoms with E-state index in [1.807, 2.05) is 18.2 Å². The molecule has 6 nitrogen and oxygen atoms in total. The van der Waals surface area contributed by atoms with Gasteiger partial charge in [-0.15, -0.1) is 0 Å². The van der Waals surface area contributed by atoms with Gasteiger partial charge in [-0.3, -0.25) is 0 Å². The number of aliphatic hydroxyl groups is 1. The van der Waals surface area contributed by atoms with E-state index in [0.717, 1.165) is 37.6 Å². The number of methoxy groups -OCH3 is 1. The first-order chi connectivity index (χ1) is 10.2. The summed E-state index contributed by atoms with van der Waals surface area (Å²) in [5, 5.41) is 12.7. The number of benzene rings is 1. The third kappa shape index (κ3) is 2.56. The van der Waals surface area contributed by atoms with Crippen LogP contribution in [0.5, 0.6) is 0 Å². The van der Waals surface area contributed by atoms with Crippen LogP contribution in [0.25, 0.3) is 0 Å². The lowest BCUT2D eigenvalue weighted by molar-refractivity contribution is 0.0601. The summed E-state index contributed by atoms with van der Waals surface area (Å²) < 4.78 is 4.80. The van der Waals surface area contributed by atoms with E-state index in [9.17, 15) is 9.90 Å². The molecule has 0 spiro atoms. The summed E-state index contributed by atoms with van der Waals surface area (Å²) in [6.07, 6.45) is 0. The van der Waals surface area contributed by atoms with Gasteiger partial charge >= 0.3 is 5.97 Å². The number of hydrogen-bond donors (Lipinski definition) is 2. The van der Waals surface area contributed by atoms with Crippen molar-refractivity contribution in [1.82, 2.24) is 5.32 Å². The molecule has 0 aliphatic carbocycles. The summed E-state index contributed by atoms with van der Waals surface area (Å²) in [5.41, 5.74) is 2.69. The fraction of sp³-hybridized carbons (Fsp3) is 0.533. The number of carbonyl (C=O) groups is 1. The lowest BCUT2D eigenvalue weighted by Gasteiger charge is -2.47. The number of ether oxygens (including phenoxy) is 1. The van der Waals surface area contributed by atoms with E-state index in [1.165, 1.54) is 7.11 Å². The lowest BCUT2D eigenvalue weighted by atomic mass is 10.0. The number of esters is 1. The maximum absolute atomic E-state index is 11.7. The lowest BCUT2D eigenvalue weighted by Crippen LogP contribution is -2.59. The molecule has 3 rings (SSSR count). The second kappa shape index (κ2) is 5.91. The standard InChI is InChI=1S/C15H21N3O3/c1-21-15(20)11-2-3-13-14(8-11)17(6-7-19)10-12-9-16-4-5-18(12)13/h2-3,8,12,16,19H,4-7,9-10H2,1H3/t12-/m0/s1. The first-order valence-electron chi connectivity index (χ1n) is 7.30. The van der Waals surface area contributed by atoms with Crippen LogP contribution in [0.15, 0.2) is 18.2 Å². The Balaban J connectivity index is 2.00. The quantitative estimate of drug-likeness (QED) is 0.768. The monoisotopic (exact) mass is 291 g/mol. The number of β-amino-alcohol motifs (C(OH)–C–C–N with tert-alkyl or cyclic N) is 1. The maximum atomic E-state index is 11.7. The Kier molecular flexibility index (Phi) is 3.98. The van der Waals surface area contributed by atoms with Crippen molar-refractivity contribution >= 4 is 17.3 Å². The van der Waals surface area contributed by atoms with Gasteiger partial charge in [0.15, 0.2) is 0 Å². The van der Waals surface area contributed by atoms with Crippen molar-refractivity contribution in [3.05, 3.63) is 23.8 Å². The normalized spacial score (nSPS) is 20.8. The molecular weight excluding hydrogens is 270 g/mol. The van der Waals surface area contributed by atoms with E-state index in [2.05, 4.69) is 15.1 Å². The molecule has 0 radical (unpaired) electrons. The molecule has 0 amide bonds. The Bertz CT molecular complexity index is 535. The van der Waals surface area contributed by atoms with Crippen LogP contribution in [0.4, 0.5) is 11.4 Å². The Morgan fingerprint density at radius 1 is 1.48 bits per heavy atom. The Labute approximate surface area is 124 Å². The molecule has 1 atom stereocenters. The molecule has 0 unspecified atom stereocenters. The van der Waals surface area contributed by atoms with Gasteiger partial charge in [-0.05, 0) is 18.2 Å². The van der Waals surface area contributed by atoms with Gasteiger partial charge in [0.25, 0.3) is 0 Å². The topological polar surface area (TPSA) is 65.0 Å². The van der Waals surface area contributed by atoms with Crippen molar-refractivity contribution < 1.29 is 14.6 Å². The molecular formula is C15H21N3O3. The van der Waals surface area contributed by atoms with E-state index in [1.54, 1.807) is 0 Å². The second-order valence-electron chi connectivity index (χ2n) is 5.42. The highest BCUT2D eigenvalue weighted by atomic mass is 16.5. The maximum Gasteiger partial charge on any atom is 0.337 e. The number of hydrogen-bond acceptors (Lipinski definition) is 6. The van der Waals surface area contributed by atoms with Gasteiger partial charge < -0.3 is 25.0 Å². The summed E-state index contributed by atoms with van der Waals surface area (Å²) in [6, 6.07) is 6.08. The van der Waals surface area contributed by atoms with Crippen molar-refractivity contribution in [2.24, 2.45) is 0 Å². The average molecular weight is 291 g/mol. The molecule has 1 aromatic carbocycles. The zero-order valence-corrected chi connectivity index (χ0v) is 12.2. The molecule has 1 fully saturated rings. The number of anilines is 2. The predicted molar refractivity (Wildman–Crippen MR) is 81.1 cm³/mol. The number of fused-ring (bicyclic) bond motifs is 3. The number of rotatable bonds is 3. The van der Waals surface area contributed by atoms with Crippen molar-refractivity contribution in [3.63, 3.8) is 0 Å². The van der Waals surface area contributed by atoms with Gasteiger partial charge in [0.05, 0.1) is 36.7 Å². The molecule has 2 N–H and O–H groups in total. The van der Waals surface area contributed by atoms with Crippen LogP contribution in [0, 0.1) is 0 Å². The van der Waals surface area contributed by atoms with Crippen molar-refractivity contribution in [3.8, 4) is 0 Å². The van der Waals surface area contributed by atoms with Crippen LogP contribution in [0.3, 0.4) is 0 Å². The van der Waals surface area contributed by atoms with E-state index >= 15 is 0 Å². The van der Waals surface area contributed by atoms with Crippen molar-refractivity contribution in [2.45, 2.75) is 6.04 Å². The minimum absolute atomic E-state index is 0.0992. The Hall–Kier alpha value is -1.79. The summed E-state index contributed by atoms with van der Waals surface area (Å²) in [4.78, 5) is 16.3. The highest BCUT2D eigenvalue weighted by molar-refractivity contribution is 5.92. The van der Waals surface area contributed by atoms with Gasteiger partial charge in [-0.2, -0.15) is 0 Å². The number of carbonyl (C=O) groups excluding carboxylic acids is 1. The zero-order valence-electron chi connectivity index (χ0n) is 12.2. The van der Waals surface area contributed by atoms with Crippen LogP contribution >= 0.6 is 0 Å². The van der Waals surface area contributed by atoms with E-state index in [0.29, 0.717) is 18.2 Å². The van der Waals surface area contributed by atoms with Gasteiger partial charge in [-0.25, -0.2) is 4.79 Å². The van der Waals surface area contributed by atoms with Gasteiger partial charge in [0.2, 0.25) is 0 Å². The van der Waals surface area contributed by atoms with E-state index in [4.69, 9.17) is 4.74 Å². The summed E-state index contributed by atoms with van der Waals surface area (Å²) in [5.74, 6) is -0.329. The largest absolute Gasteiger partial charge is 0.465 e. The highest BCUT2D eigenvalue weighted by Crippen LogP contribution is 2.36. The smallest absolute Gasteiger partial charge is 0.337 e. The van der Waals surface area contributed by atoms with Crippen LogP contribution < -0.4 is 15.1 Å². The number of nitrogens with zero attached hydrogens (tertiary/aromatic N) is 2. The fourth-order valence-electron chi connectivity index (χ4n) is 3.19. The third-order valence-electron chi connectivity index (χ3n) is 4.20. The SMILES string of the molecule is COC(=O)c1ccc2c(c1)N(CCO)C[C@@H]1CNCCN21. The molecule has 2 aliphatic rings. The van der Waals surface area contributed by atoms with Crippen LogP contribution in [0.1, 0.15) is 10.4 Å². The minimum Gasteiger partial charge on any atom is -0.465 e. The van der Waals surface area contributed by atoms with Gasteiger partial charge in [-0.1, -0.05) is 0 Å². The summed E-state index contributed by atoms with van der Waals surface area (Å²) in [6.45, 7) is 4.40. The number of aliphatic hydroxyl groups excluding tert-OH is 1. The molecule has 0 saturated carbocycles. The van der Waals surface area contributed by atoms with Crippen molar-refractivity contribution in [2.75, 3.05) is 56.2 Å². The molecule has 6 heteroatoms. The van der Waals surface area contributed by atoms with Gasteiger partial charge in [0.1, 0.15) is 0 Å². The first-order valence-corrected chi connectivity index (χ1v) is 7.30. The van der Waals surface area contributed by atoms with Crippen molar-refractivity contribution in [1.29, 1.82) is 0 Å². The second-order valence-corrected chi connectivity index (χ2v) is 5.42. The summed E-state index contributed by atoms with van der Waals surface area (Å²) in [7, 11) is 1.39. The fourth-order valence-corrected chi connectivity index (χ4v) is 3.19. The van der Waals surface area contributed by atoms with Gasteiger partial charge in [0, 0.05) is 32.7 Å². The van der Waals surface area contributed by atoms with E-state index < -0.39 is 0 Å². The molecule has 21 heavy (non-hydrogen) atoms. The molecule has 0 aromatic heterocycles.